The predicted octanol–water partition coefficient (Wildman–Crippen LogP) is 5.51. The van der Waals surface area contributed by atoms with Crippen LogP contribution in [0.1, 0.15) is 96.8 Å². The number of carbonyl (C=O) groups is 1. The minimum atomic E-state index is -0.164. The van der Waals surface area contributed by atoms with Gasteiger partial charge >= 0.3 is 0 Å². The minimum Gasteiger partial charge on any atom is -0.370 e. The van der Waals surface area contributed by atoms with Crippen LogP contribution in [0.25, 0.3) is 0 Å². The van der Waals surface area contributed by atoms with Crippen molar-refractivity contribution in [1.29, 1.82) is 0 Å². The van der Waals surface area contributed by atoms with Gasteiger partial charge in [0.05, 0.1) is 0 Å². The molecule has 0 unspecified atom stereocenters. The molecule has 0 aromatic carbocycles. The summed E-state index contributed by atoms with van der Waals surface area (Å²) >= 11 is 0. The molecular weight excluding hydrogens is 441 g/mol. The van der Waals surface area contributed by atoms with Crippen molar-refractivity contribution in [2.24, 2.45) is 5.73 Å². The Morgan fingerprint density at radius 2 is 1.19 bits per heavy atom. The van der Waals surface area contributed by atoms with E-state index in [0.29, 0.717) is 6.42 Å². The molecular formula is C18H35NOPt. The van der Waals surface area contributed by atoms with Crippen LogP contribution in [0.4, 0.5) is 0 Å². The van der Waals surface area contributed by atoms with Gasteiger partial charge in [0, 0.05) is 27.5 Å². The largest absolute Gasteiger partial charge is 0.370 e. The molecule has 0 atom stereocenters. The van der Waals surface area contributed by atoms with E-state index in [-0.39, 0.29) is 27.0 Å². The van der Waals surface area contributed by atoms with Crippen LogP contribution < -0.4 is 5.73 Å². The van der Waals surface area contributed by atoms with E-state index in [1.54, 1.807) is 0 Å². The van der Waals surface area contributed by atoms with Crippen molar-refractivity contribution < 1.29 is 25.9 Å². The van der Waals surface area contributed by atoms with E-state index >= 15 is 0 Å². The Kier molecular flexibility index (Phi) is 22.0. The van der Waals surface area contributed by atoms with Gasteiger partial charge in [-0.1, -0.05) is 70.4 Å². The van der Waals surface area contributed by atoms with Crippen molar-refractivity contribution in [3.05, 3.63) is 12.2 Å². The molecule has 1 amide bonds. The van der Waals surface area contributed by atoms with E-state index < -0.39 is 0 Å². The van der Waals surface area contributed by atoms with E-state index in [2.05, 4.69) is 19.1 Å². The third-order valence-electron chi connectivity index (χ3n) is 3.68. The first-order chi connectivity index (χ1) is 9.77. The maximum Gasteiger partial charge on any atom is 0.217 e. The molecule has 128 valence electrons. The predicted molar refractivity (Wildman–Crippen MR) is 88.6 cm³/mol. The topological polar surface area (TPSA) is 43.1 Å². The number of hydrogen-bond acceptors (Lipinski definition) is 1. The van der Waals surface area contributed by atoms with Gasteiger partial charge in [0.2, 0.25) is 5.91 Å². The summed E-state index contributed by atoms with van der Waals surface area (Å²) in [5.41, 5.74) is 5.10. The first-order valence-electron chi connectivity index (χ1n) is 8.70. The molecule has 0 aliphatic heterocycles. The van der Waals surface area contributed by atoms with Crippen LogP contribution in [0.15, 0.2) is 12.2 Å². The Balaban J connectivity index is 0. The van der Waals surface area contributed by atoms with Gasteiger partial charge in [0.25, 0.3) is 0 Å². The van der Waals surface area contributed by atoms with Crippen molar-refractivity contribution in [3.63, 3.8) is 0 Å². The van der Waals surface area contributed by atoms with Crippen molar-refractivity contribution >= 4 is 5.91 Å². The van der Waals surface area contributed by atoms with Crippen molar-refractivity contribution in [1.82, 2.24) is 0 Å². The Labute approximate surface area is 146 Å². The fraction of sp³-hybridized carbons (Fsp3) is 0.833. The zero-order chi connectivity index (χ0) is 14.9. The average Bonchev–Trinajstić information content (AvgIpc) is 2.43. The first-order valence-corrected chi connectivity index (χ1v) is 8.70. The van der Waals surface area contributed by atoms with E-state index in [4.69, 9.17) is 5.73 Å². The van der Waals surface area contributed by atoms with Crippen LogP contribution in [0.5, 0.6) is 0 Å². The summed E-state index contributed by atoms with van der Waals surface area (Å²) in [5.74, 6) is -0.164. The molecule has 0 aliphatic rings. The number of rotatable bonds is 15. The number of unbranched alkanes of at least 4 members (excludes halogenated alkanes) is 11. The molecule has 0 aromatic heterocycles. The molecule has 0 saturated heterocycles. The second kappa shape index (κ2) is 19.9. The SMILES string of the molecule is CCCCCCCC/C=C\CCCCCCCC(N)=O.[Pt]. The molecule has 2 nitrogen and oxygen atoms in total. The van der Waals surface area contributed by atoms with Crippen molar-refractivity contribution in [2.75, 3.05) is 0 Å². The minimum absolute atomic E-state index is 0. The summed E-state index contributed by atoms with van der Waals surface area (Å²) < 4.78 is 0. The molecule has 21 heavy (non-hydrogen) atoms. The van der Waals surface area contributed by atoms with Gasteiger partial charge in [-0.25, -0.2) is 0 Å². The summed E-state index contributed by atoms with van der Waals surface area (Å²) in [6.07, 6.45) is 21.9. The Morgan fingerprint density at radius 3 is 1.67 bits per heavy atom. The summed E-state index contributed by atoms with van der Waals surface area (Å²) in [5, 5.41) is 0. The van der Waals surface area contributed by atoms with Crippen LogP contribution >= 0.6 is 0 Å². The Hall–Kier alpha value is -0.102. The number of primary amides is 1. The monoisotopic (exact) mass is 476 g/mol. The number of nitrogens with two attached hydrogens (primary N) is 1. The molecule has 0 radical (unpaired) electrons. The van der Waals surface area contributed by atoms with Gasteiger partial charge < -0.3 is 5.73 Å². The summed E-state index contributed by atoms with van der Waals surface area (Å²) in [4.78, 5) is 10.5. The maximum atomic E-state index is 10.5. The number of hydrogen-bond donors (Lipinski definition) is 1. The molecule has 0 aliphatic carbocycles. The van der Waals surface area contributed by atoms with Gasteiger partial charge in [-0.15, -0.1) is 0 Å². The third kappa shape index (κ3) is 22.3. The molecule has 0 bridgehead atoms. The molecule has 0 heterocycles. The van der Waals surface area contributed by atoms with E-state index in [1.807, 2.05) is 0 Å². The molecule has 0 aromatic rings. The van der Waals surface area contributed by atoms with Gasteiger partial charge in [-0.05, 0) is 32.1 Å². The number of carbonyl (C=O) groups excluding carboxylic acids is 1. The van der Waals surface area contributed by atoms with E-state index in [0.717, 1.165) is 12.8 Å². The standard InChI is InChI=1S/C18H35NO.Pt/c1-2-3-4-5-6-7-8-9-10-11-12-13-14-15-16-17-18(19)20;/h9-10H,2-8,11-17H2,1H3,(H2,19,20);/b10-9-;. The van der Waals surface area contributed by atoms with Gasteiger partial charge in [-0.3, -0.25) is 4.79 Å². The maximum absolute atomic E-state index is 10.5. The molecule has 0 saturated carbocycles. The number of allylic oxidation sites excluding steroid dienone is 2. The van der Waals surface area contributed by atoms with Crippen LogP contribution in [0.2, 0.25) is 0 Å². The van der Waals surface area contributed by atoms with Crippen molar-refractivity contribution in [2.45, 2.75) is 96.8 Å². The Bertz CT molecular complexity index is 241. The van der Waals surface area contributed by atoms with Crippen molar-refractivity contribution in [3.8, 4) is 0 Å². The summed E-state index contributed by atoms with van der Waals surface area (Å²) in [6.45, 7) is 2.26. The number of amides is 1. The molecule has 0 fully saturated rings. The van der Waals surface area contributed by atoms with Crippen LogP contribution in [-0.4, -0.2) is 5.91 Å². The molecule has 0 rings (SSSR count). The molecule has 2 N–H and O–H groups in total. The van der Waals surface area contributed by atoms with E-state index in [1.165, 1.54) is 70.6 Å². The summed E-state index contributed by atoms with van der Waals surface area (Å²) in [6, 6.07) is 0. The second-order valence-electron chi connectivity index (χ2n) is 5.80. The van der Waals surface area contributed by atoms with Gasteiger partial charge in [0.15, 0.2) is 0 Å². The Morgan fingerprint density at radius 1 is 0.762 bits per heavy atom. The van der Waals surface area contributed by atoms with Gasteiger partial charge in [-0.2, -0.15) is 0 Å². The van der Waals surface area contributed by atoms with E-state index in [9.17, 15) is 4.79 Å². The quantitative estimate of drug-likeness (QED) is 0.246. The molecule has 0 spiro atoms. The van der Waals surface area contributed by atoms with Gasteiger partial charge in [0.1, 0.15) is 0 Å². The zero-order valence-corrected chi connectivity index (χ0v) is 16.1. The fourth-order valence-corrected chi connectivity index (χ4v) is 2.37. The first kappa shape index (κ1) is 23.2. The fourth-order valence-electron chi connectivity index (χ4n) is 2.37. The summed E-state index contributed by atoms with van der Waals surface area (Å²) in [7, 11) is 0. The third-order valence-corrected chi connectivity index (χ3v) is 3.68. The normalized spacial score (nSPS) is 10.7. The average molecular weight is 477 g/mol. The van der Waals surface area contributed by atoms with Crippen LogP contribution in [0, 0.1) is 0 Å². The van der Waals surface area contributed by atoms with Crippen LogP contribution in [-0.2, 0) is 25.9 Å². The molecule has 3 heteroatoms. The second-order valence-corrected chi connectivity index (χ2v) is 5.80. The smallest absolute Gasteiger partial charge is 0.217 e. The van der Waals surface area contributed by atoms with Crippen LogP contribution in [0.3, 0.4) is 0 Å². The zero-order valence-electron chi connectivity index (χ0n) is 13.9.